The lowest BCUT2D eigenvalue weighted by Crippen LogP contribution is -2.28. The molecule has 8 heteroatoms. The Morgan fingerprint density at radius 2 is 1.87 bits per heavy atom. The van der Waals surface area contributed by atoms with E-state index in [0.29, 0.717) is 29.5 Å². The highest BCUT2D eigenvalue weighted by Gasteiger charge is 2.07. The summed E-state index contributed by atoms with van der Waals surface area (Å²) < 4.78 is 0.913. The molecular formula is C15H14BrClN4O2. The number of carbonyl (C=O) groups excluding carboxylic acids is 2. The summed E-state index contributed by atoms with van der Waals surface area (Å²) in [5.74, 6) is -0.329. The van der Waals surface area contributed by atoms with Crippen LogP contribution in [0.15, 0.2) is 41.0 Å². The van der Waals surface area contributed by atoms with Gasteiger partial charge in [0.1, 0.15) is 5.82 Å². The summed E-state index contributed by atoms with van der Waals surface area (Å²) in [6.07, 6.45) is 1.34. The van der Waals surface area contributed by atoms with Crippen molar-refractivity contribution in [2.75, 3.05) is 18.4 Å². The van der Waals surface area contributed by atoms with Gasteiger partial charge in [0.25, 0.3) is 5.91 Å². The Morgan fingerprint density at radius 1 is 1.17 bits per heavy atom. The standard InChI is InChI=1S/C15H14BrClN4O2/c16-11-3-1-9(2-4-11)15(23)20-6-5-19-14-12(17)7-10(8-21-14)13(18)22/h1-4,7-8H,5-6H2,(H2,18,22)(H,19,21)(H,20,23). The number of primary amides is 1. The highest BCUT2D eigenvalue weighted by molar-refractivity contribution is 9.10. The number of anilines is 1. The van der Waals surface area contributed by atoms with Crippen LogP contribution in [0.2, 0.25) is 5.02 Å². The number of aromatic nitrogens is 1. The maximum Gasteiger partial charge on any atom is 0.251 e. The third kappa shape index (κ3) is 4.94. The van der Waals surface area contributed by atoms with Gasteiger partial charge in [0, 0.05) is 29.3 Å². The molecule has 2 amide bonds. The van der Waals surface area contributed by atoms with Gasteiger partial charge >= 0.3 is 0 Å². The van der Waals surface area contributed by atoms with E-state index in [-0.39, 0.29) is 11.5 Å². The molecule has 0 saturated heterocycles. The van der Waals surface area contributed by atoms with Crippen LogP contribution in [-0.2, 0) is 0 Å². The number of nitrogens with zero attached hydrogens (tertiary/aromatic N) is 1. The zero-order valence-corrected chi connectivity index (χ0v) is 14.3. The summed E-state index contributed by atoms with van der Waals surface area (Å²) in [6.45, 7) is 0.829. The predicted octanol–water partition coefficient (Wildman–Crippen LogP) is 2.44. The minimum atomic E-state index is -0.590. The molecule has 0 unspecified atom stereocenters. The quantitative estimate of drug-likeness (QED) is 0.652. The molecule has 1 aromatic carbocycles. The van der Waals surface area contributed by atoms with Gasteiger partial charge < -0.3 is 16.4 Å². The molecule has 6 nitrogen and oxygen atoms in total. The van der Waals surface area contributed by atoms with E-state index >= 15 is 0 Å². The van der Waals surface area contributed by atoms with Crippen LogP contribution in [-0.4, -0.2) is 29.9 Å². The molecule has 0 aliphatic rings. The zero-order valence-electron chi connectivity index (χ0n) is 12.0. The van der Waals surface area contributed by atoms with E-state index in [2.05, 4.69) is 31.5 Å². The van der Waals surface area contributed by atoms with E-state index < -0.39 is 5.91 Å². The predicted molar refractivity (Wildman–Crippen MR) is 92.7 cm³/mol. The number of hydrogen-bond acceptors (Lipinski definition) is 4. The first-order valence-corrected chi connectivity index (χ1v) is 7.87. The second-order valence-corrected chi connectivity index (χ2v) is 5.93. The number of hydrogen-bond donors (Lipinski definition) is 3. The van der Waals surface area contributed by atoms with Crippen LogP contribution >= 0.6 is 27.5 Å². The largest absolute Gasteiger partial charge is 0.367 e. The molecule has 0 atom stereocenters. The lowest BCUT2D eigenvalue weighted by molar-refractivity contribution is 0.0953. The third-order valence-electron chi connectivity index (χ3n) is 2.94. The van der Waals surface area contributed by atoms with E-state index in [1.807, 2.05) is 0 Å². The van der Waals surface area contributed by atoms with Crippen molar-refractivity contribution in [1.82, 2.24) is 10.3 Å². The number of halogens is 2. The molecule has 2 aromatic rings. The average molecular weight is 398 g/mol. The summed E-state index contributed by atoms with van der Waals surface area (Å²) in [6, 6.07) is 8.51. The van der Waals surface area contributed by atoms with Crippen LogP contribution in [0.25, 0.3) is 0 Å². The first-order valence-electron chi connectivity index (χ1n) is 6.70. The second kappa shape index (κ2) is 7.94. The monoisotopic (exact) mass is 396 g/mol. The lowest BCUT2D eigenvalue weighted by atomic mass is 10.2. The lowest BCUT2D eigenvalue weighted by Gasteiger charge is -2.09. The number of benzene rings is 1. The van der Waals surface area contributed by atoms with Gasteiger partial charge in [0.2, 0.25) is 5.91 Å². The molecule has 0 saturated carbocycles. The molecular weight excluding hydrogens is 384 g/mol. The van der Waals surface area contributed by atoms with Gasteiger partial charge in [-0.15, -0.1) is 0 Å². The Balaban J connectivity index is 1.82. The van der Waals surface area contributed by atoms with Gasteiger partial charge in [-0.25, -0.2) is 4.98 Å². The molecule has 23 heavy (non-hydrogen) atoms. The van der Waals surface area contributed by atoms with Crippen molar-refractivity contribution in [3.8, 4) is 0 Å². The van der Waals surface area contributed by atoms with E-state index in [0.717, 1.165) is 4.47 Å². The van der Waals surface area contributed by atoms with E-state index in [1.54, 1.807) is 24.3 Å². The van der Waals surface area contributed by atoms with Crippen LogP contribution in [0.3, 0.4) is 0 Å². The van der Waals surface area contributed by atoms with Crippen molar-refractivity contribution < 1.29 is 9.59 Å². The molecule has 120 valence electrons. The highest BCUT2D eigenvalue weighted by atomic mass is 79.9. The minimum Gasteiger partial charge on any atom is -0.367 e. The number of nitrogens with one attached hydrogen (secondary N) is 2. The van der Waals surface area contributed by atoms with Crippen molar-refractivity contribution >= 4 is 45.2 Å². The molecule has 0 radical (unpaired) electrons. The van der Waals surface area contributed by atoms with Crippen LogP contribution in [0, 0.1) is 0 Å². The minimum absolute atomic E-state index is 0.164. The fourth-order valence-electron chi connectivity index (χ4n) is 1.76. The van der Waals surface area contributed by atoms with Gasteiger partial charge in [0.15, 0.2) is 0 Å². The van der Waals surface area contributed by atoms with Gasteiger partial charge in [-0.05, 0) is 30.3 Å². The van der Waals surface area contributed by atoms with Crippen molar-refractivity contribution in [3.05, 3.63) is 57.2 Å². The normalized spacial score (nSPS) is 10.2. The summed E-state index contributed by atoms with van der Waals surface area (Å²) in [7, 11) is 0. The summed E-state index contributed by atoms with van der Waals surface area (Å²) in [5, 5.41) is 6.05. The van der Waals surface area contributed by atoms with Gasteiger partial charge in [-0.3, -0.25) is 9.59 Å². The molecule has 0 bridgehead atoms. The Kier molecular flexibility index (Phi) is 5.95. The third-order valence-corrected chi connectivity index (χ3v) is 3.75. The Hall–Kier alpha value is -2.12. The number of carbonyl (C=O) groups is 2. The summed E-state index contributed by atoms with van der Waals surface area (Å²) in [5.41, 5.74) is 5.96. The van der Waals surface area contributed by atoms with E-state index in [4.69, 9.17) is 17.3 Å². The van der Waals surface area contributed by atoms with E-state index in [9.17, 15) is 9.59 Å². The number of rotatable bonds is 6. The van der Waals surface area contributed by atoms with E-state index in [1.165, 1.54) is 12.3 Å². The maximum atomic E-state index is 11.9. The number of nitrogens with two attached hydrogens (primary N) is 1. The fourth-order valence-corrected chi connectivity index (χ4v) is 2.26. The van der Waals surface area contributed by atoms with Crippen molar-refractivity contribution in [3.63, 3.8) is 0 Å². The highest BCUT2D eigenvalue weighted by Crippen LogP contribution is 2.19. The molecule has 4 N–H and O–H groups in total. The second-order valence-electron chi connectivity index (χ2n) is 4.61. The van der Waals surface area contributed by atoms with Crippen LogP contribution in [0.1, 0.15) is 20.7 Å². The molecule has 0 fully saturated rings. The molecule has 1 aromatic heterocycles. The smallest absolute Gasteiger partial charge is 0.251 e. The van der Waals surface area contributed by atoms with Gasteiger partial charge in [0.05, 0.1) is 10.6 Å². The molecule has 0 aliphatic carbocycles. The maximum absolute atomic E-state index is 11.9. The van der Waals surface area contributed by atoms with Crippen molar-refractivity contribution in [2.45, 2.75) is 0 Å². The number of pyridine rings is 1. The van der Waals surface area contributed by atoms with Crippen LogP contribution in [0.4, 0.5) is 5.82 Å². The van der Waals surface area contributed by atoms with Crippen LogP contribution < -0.4 is 16.4 Å². The molecule has 2 rings (SSSR count). The van der Waals surface area contributed by atoms with Crippen molar-refractivity contribution in [2.24, 2.45) is 5.73 Å². The number of amides is 2. The SMILES string of the molecule is NC(=O)c1cnc(NCCNC(=O)c2ccc(Br)cc2)c(Cl)c1. The van der Waals surface area contributed by atoms with Gasteiger partial charge in [-0.2, -0.15) is 0 Å². The molecule has 0 spiro atoms. The van der Waals surface area contributed by atoms with Crippen molar-refractivity contribution in [1.29, 1.82) is 0 Å². The molecule has 0 aliphatic heterocycles. The first-order chi connectivity index (χ1) is 11.0. The topological polar surface area (TPSA) is 97.1 Å². The molecule has 1 heterocycles. The summed E-state index contributed by atoms with van der Waals surface area (Å²) in [4.78, 5) is 26.9. The van der Waals surface area contributed by atoms with Crippen LogP contribution in [0.5, 0.6) is 0 Å². The first kappa shape index (κ1) is 17.2. The summed E-state index contributed by atoms with van der Waals surface area (Å²) >= 11 is 9.32. The average Bonchev–Trinajstić information content (AvgIpc) is 2.53. The Morgan fingerprint density at radius 3 is 2.48 bits per heavy atom. The van der Waals surface area contributed by atoms with Gasteiger partial charge in [-0.1, -0.05) is 27.5 Å². The Bertz CT molecular complexity index is 722. The fraction of sp³-hybridized carbons (Fsp3) is 0.133. The zero-order chi connectivity index (χ0) is 16.8. The Labute approximate surface area is 146 Å².